The molecule has 3 atom stereocenters. The third kappa shape index (κ3) is 11.0. The zero-order chi connectivity index (χ0) is 35.6. The Hall–Kier alpha value is -5.49. The van der Waals surface area contributed by atoms with Crippen molar-refractivity contribution in [3.63, 3.8) is 0 Å². The van der Waals surface area contributed by atoms with Crippen LogP contribution in [0.15, 0.2) is 91.0 Å². The maximum atomic E-state index is 13.8. The van der Waals surface area contributed by atoms with Crippen molar-refractivity contribution < 1.29 is 29.0 Å². The number of nitrogens with two attached hydrogens (primary N) is 1. The number of urea groups is 1. The van der Waals surface area contributed by atoms with Crippen LogP contribution in [0.5, 0.6) is 5.75 Å². The fraction of sp³-hybridized carbons (Fsp3) is 0.324. The Balaban J connectivity index is 1.57. The van der Waals surface area contributed by atoms with E-state index in [1.807, 2.05) is 75.4 Å². The number of carbonyl (C=O) groups is 4. The fourth-order valence-corrected chi connectivity index (χ4v) is 5.19. The molecule has 0 saturated heterocycles. The number of fused-ring (bicyclic) bond motifs is 1. The molecule has 1 aromatic heterocycles. The van der Waals surface area contributed by atoms with E-state index < -0.39 is 53.9 Å². The topological polar surface area (TPSA) is 176 Å². The highest BCUT2D eigenvalue weighted by atomic mass is 16.5. The molecule has 4 rings (SSSR count). The normalized spacial score (nSPS) is 13.1. The molecule has 0 aliphatic rings. The van der Waals surface area contributed by atoms with Gasteiger partial charge in [0.15, 0.2) is 0 Å². The molecule has 0 aliphatic carbocycles. The Morgan fingerprint density at radius 2 is 1.55 bits per heavy atom. The van der Waals surface area contributed by atoms with Gasteiger partial charge in [0.1, 0.15) is 17.5 Å². The molecule has 0 spiro atoms. The van der Waals surface area contributed by atoms with Gasteiger partial charge in [0.2, 0.25) is 11.8 Å². The lowest BCUT2D eigenvalue weighted by atomic mass is 9.99. The lowest BCUT2D eigenvalue weighted by molar-refractivity contribution is -0.128. The Morgan fingerprint density at radius 3 is 2.20 bits per heavy atom. The van der Waals surface area contributed by atoms with E-state index in [4.69, 9.17) is 10.5 Å². The Bertz CT molecular complexity index is 1740. The third-order valence-corrected chi connectivity index (χ3v) is 7.66. The Kier molecular flexibility index (Phi) is 12.3. The standard InChI is InChI=1S/C37H44N6O6/c1-37(2,3)42-36(48)43(22-25-14-17-27(49-4)18-15-25)23-32(44)30(20-24-10-6-5-7-11-24)40-35(47)31(21-33(38)45)41-34(46)29-19-16-26-12-8-9-13-28(26)39-29/h5-19,30-32,44H,20-23H2,1-4H3,(H2,38,45)(H,40,47)(H,41,46)(H,42,48)/t30-,31+,32-/m0/s1. The number of primary amides is 1. The molecule has 12 heteroatoms. The number of aliphatic hydroxyl groups excluding tert-OH is 1. The quantitative estimate of drug-likeness (QED) is 0.137. The van der Waals surface area contributed by atoms with Crippen molar-refractivity contribution in [2.24, 2.45) is 5.73 Å². The van der Waals surface area contributed by atoms with Crippen LogP contribution in [-0.4, -0.2) is 76.1 Å². The number of aromatic nitrogens is 1. The van der Waals surface area contributed by atoms with E-state index >= 15 is 0 Å². The summed E-state index contributed by atoms with van der Waals surface area (Å²) in [7, 11) is 1.56. The first-order chi connectivity index (χ1) is 23.3. The van der Waals surface area contributed by atoms with Crippen LogP contribution in [0.3, 0.4) is 0 Å². The average Bonchev–Trinajstić information content (AvgIpc) is 3.06. The number of aliphatic hydroxyl groups is 1. The Morgan fingerprint density at radius 1 is 0.878 bits per heavy atom. The van der Waals surface area contributed by atoms with Crippen LogP contribution < -0.4 is 26.4 Å². The van der Waals surface area contributed by atoms with Crippen molar-refractivity contribution in [1.29, 1.82) is 0 Å². The van der Waals surface area contributed by atoms with Crippen molar-refractivity contribution in [3.05, 3.63) is 108 Å². The predicted octanol–water partition coefficient (Wildman–Crippen LogP) is 3.32. The van der Waals surface area contributed by atoms with Crippen LogP contribution in [0.4, 0.5) is 4.79 Å². The van der Waals surface area contributed by atoms with Gasteiger partial charge in [-0.15, -0.1) is 0 Å². The Labute approximate surface area is 286 Å². The van der Waals surface area contributed by atoms with E-state index in [9.17, 15) is 24.3 Å². The molecule has 3 aromatic carbocycles. The number of amides is 5. The highest BCUT2D eigenvalue weighted by Gasteiger charge is 2.31. The van der Waals surface area contributed by atoms with Crippen molar-refractivity contribution in [2.75, 3.05) is 13.7 Å². The van der Waals surface area contributed by atoms with Crippen molar-refractivity contribution in [1.82, 2.24) is 25.8 Å². The number of methoxy groups -OCH3 is 1. The van der Waals surface area contributed by atoms with Gasteiger partial charge in [-0.3, -0.25) is 14.4 Å². The summed E-state index contributed by atoms with van der Waals surface area (Å²) in [5.41, 5.74) is 7.18. The summed E-state index contributed by atoms with van der Waals surface area (Å²) in [4.78, 5) is 58.3. The molecule has 1 heterocycles. The lowest BCUT2D eigenvalue weighted by Gasteiger charge is -2.33. The highest BCUT2D eigenvalue weighted by molar-refractivity contribution is 5.99. The summed E-state index contributed by atoms with van der Waals surface area (Å²) >= 11 is 0. The number of benzene rings is 3. The maximum absolute atomic E-state index is 13.8. The SMILES string of the molecule is COc1ccc(CN(C[C@H](O)[C@H](Cc2ccccc2)NC(=O)[C@@H](CC(N)=O)NC(=O)c2ccc3ccccc3n2)C(=O)NC(C)(C)C)cc1. The number of hydrogen-bond donors (Lipinski definition) is 5. The van der Waals surface area contributed by atoms with Crippen LogP contribution >= 0.6 is 0 Å². The highest BCUT2D eigenvalue weighted by Crippen LogP contribution is 2.17. The van der Waals surface area contributed by atoms with Gasteiger partial charge < -0.3 is 36.4 Å². The number of rotatable bonds is 14. The largest absolute Gasteiger partial charge is 0.497 e. The van der Waals surface area contributed by atoms with Crippen LogP contribution in [-0.2, 0) is 22.6 Å². The summed E-state index contributed by atoms with van der Waals surface area (Å²) in [6.07, 6.45) is -1.56. The van der Waals surface area contributed by atoms with Gasteiger partial charge in [-0.05, 0) is 62.6 Å². The second kappa shape index (κ2) is 16.6. The summed E-state index contributed by atoms with van der Waals surface area (Å²) in [6, 6.07) is 24.3. The first kappa shape index (κ1) is 36.3. The van der Waals surface area contributed by atoms with Gasteiger partial charge in [-0.25, -0.2) is 9.78 Å². The predicted molar refractivity (Wildman–Crippen MR) is 187 cm³/mol. The van der Waals surface area contributed by atoms with Crippen molar-refractivity contribution in [2.45, 2.75) is 63.9 Å². The van der Waals surface area contributed by atoms with Gasteiger partial charge >= 0.3 is 6.03 Å². The lowest BCUT2D eigenvalue weighted by Crippen LogP contribution is -2.57. The van der Waals surface area contributed by atoms with Gasteiger partial charge in [-0.1, -0.05) is 66.7 Å². The molecule has 0 radical (unpaired) electrons. The molecule has 0 saturated carbocycles. The van der Waals surface area contributed by atoms with Gasteiger partial charge in [-0.2, -0.15) is 0 Å². The first-order valence-electron chi connectivity index (χ1n) is 16.0. The summed E-state index contributed by atoms with van der Waals surface area (Å²) in [5, 5.41) is 20.9. The molecule has 5 amide bonds. The number of nitrogens with zero attached hydrogens (tertiary/aromatic N) is 2. The molecule has 12 nitrogen and oxygen atoms in total. The summed E-state index contributed by atoms with van der Waals surface area (Å²) in [5.74, 6) is -1.55. The molecule has 0 bridgehead atoms. The van der Waals surface area contributed by atoms with E-state index in [0.717, 1.165) is 16.5 Å². The number of nitrogens with one attached hydrogen (secondary N) is 3. The van der Waals surface area contributed by atoms with E-state index in [1.165, 1.54) is 11.0 Å². The fourth-order valence-electron chi connectivity index (χ4n) is 5.19. The second-order valence-electron chi connectivity index (χ2n) is 12.9. The molecular formula is C37H44N6O6. The molecule has 4 aromatic rings. The van der Waals surface area contributed by atoms with Gasteiger partial charge in [0.05, 0.1) is 37.7 Å². The zero-order valence-electron chi connectivity index (χ0n) is 28.2. The van der Waals surface area contributed by atoms with Crippen LogP contribution in [0.25, 0.3) is 10.9 Å². The maximum Gasteiger partial charge on any atom is 0.318 e. The van der Waals surface area contributed by atoms with E-state index in [-0.39, 0.29) is 25.2 Å². The molecule has 0 fully saturated rings. The number of ether oxygens (including phenoxy) is 1. The second-order valence-corrected chi connectivity index (χ2v) is 12.9. The molecular weight excluding hydrogens is 624 g/mol. The van der Waals surface area contributed by atoms with Crippen LogP contribution in [0, 0.1) is 0 Å². The number of pyridine rings is 1. The molecule has 6 N–H and O–H groups in total. The zero-order valence-corrected chi connectivity index (χ0v) is 28.2. The summed E-state index contributed by atoms with van der Waals surface area (Å²) in [6.45, 7) is 5.57. The number of carbonyl (C=O) groups excluding carboxylic acids is 4. The van der Waals surface area contributed by atoms with Gasteiger partial charge in [0, 0.05) is 17.5 Å². The minimum absolute atomic E-state index is 0.0564. The van der Waals surface area contributed by atoms with Crippen LogP contribution in [0.2, 0.25) is 0 Å². The monoisotopic (exact) mass is 668 g/mol. The molecule has 49 heavy (non-hydrogen) atoms. The minimum atomic E-state index is -1.36. The average molecular weight is 669 g/mol. The van der Waals surface area contributed by atoms with Gasteiger partial charge in [0.25, 0.3) is 5.91 Å². The molecule has 0 unspecified atom stereocenters. The number of hydrogen-bond acceptors (Lipinski definition) is 7. The number of para-hydroxylation sites is 1. The van der Waals surface area contributed by atoms with E-state index in [1.54, 1.807) is 37.4 Å². The van der Waals surface area contributed by atoms with Crippen molar-refractivity contribution in [3.8, 4) is 5.75 Å². The molecule has 258 valence electrons. The smallest absolute Gasteiger partial charge is 0.318 e. The van der Waals surface area contributed by atoms with E-state index in [0.29, 0.717) is 11.3 Å². The van der Waals surface area contributed by atoms with Crippen LogP contribution in [0.1, 0.15) is 48.8 Å². The van der Waals surface area contributed by atoms with Crippen molar-refractivity contribution >= 4 is 34.7 Å². The minimum Gasteiger partial charge on any atom is -0.497 e. The molecule has 0 aliphatic heterocycles. The van der Waals surface area contributed by atoms with E-state index in [2.05, 4.69) is 20.9 Å². The third-order valence-electron chi connectivity index (χ3n) is 7.66. The summed E-state index contributed by atoms with van der Waals surface area (Å²) < 4.78 is 5.25. The first-order valence-corrected chi connectivity index (χ1v) is 16.0.